The molecule has 1 heterocycles. The van der Waals surface area contributed by atoms with Crippen molar-refractivity contribution in [1.82, 2.24) is 25.3 Å². The molecule has 0 aliphatic heterocycles. The highest BCUT2D eigenvalue weighted by molar-refractivity contribution is 6.33. The van der Waals surface area contributed by atoms with Crippen molar-refractivity contribution in [1.29, 1.82) is 5.41 Å². The van der Waals surface area contributed by atoms with E-state index in [2.05, 4.69) is 32.5 Å². The topological polar surface area (TPSA) is 140 Å². The van der Waals surface area contributed by atoms with Crippen LogP contribution in [0.1, 0.15) is 62.1 Å². The Morgan fingerprint density at radius 2 is 1.81 bits per heavy atom. The molecule has 2 amide bonds. The van der Waals surface area contributed by atoms with E-state index in [-0.39, 0.29) is 45.2 Å². The number of ether oxygens (including phenoxy) is 1. The Morgan fingerprint density at radius 1 is 1.13 bits per heavy atom. The average molecular weight is 788 g/mol. The third-order valence-corrected chi connectivity index (χ3v) is 8.46. The number of guanidine groups is 1. The van der Waals surface area contributed by atoms with Crippen LogP contribution in [-0.2, 0) is 4.74 Å². The van der Waals surface area contributed by atoms with E-state index in [1.165, 1.54) is 42.6 Å². The van der Waals surface area contributed by atoms with E-state index in [1.54, 1.807) is 0 Å². The number of halogens is 8. The summed E-state index contributed by atoms with van der Waals surface area (Å²) in [6, 6.07) is 6.54. The van der Waals surface area contributed by atoms with Crippen LogP contribution in [0.15, 0.2) is 65.0 Å². The number of carbonyl (C=O) groups is 2. The third kappa shape index (κ3) is 10.9. The fourth-order valence-electron chi connectivity index (χ4n) is 5.18. The number of alkyl carbamates (subject to hydrolysis) is 1. The quantitative estimate of drug-likeness (QED) is 0.0496. The summed E-state index contributed by atoms with van der Waals surface area (Å²) in [4.78, 5) is 31.4. The number of anilines is 1. The molecule has 0 saturated heterocycles. The van der Waals surface area contributed by atoms with Crippen LogP contribution < -0.4 is 15.6 Å². The fourth-order valence-corrected chi connectivity index (χ4v) is 5.39. The number of hydrogen-bond acceptors (Lipinski definition) is 7. The maximum Gasteiger partial charge on any atom is 0.407 e. The number of alkyl halides is 7. The van der Waals surface area contributed by atoms with E-state index in [0.29, 0.717) is 22.2 Å². The maximum atomic E-state index is 14.4. The van der Waals surface area contributed by atoms with Gasteiger partial charge in [0.2, 0.25) is 0 Å². The van der Waals surface area contributed by atoms with Crippen LogP contribution in [0.5, 0.6) is 0 Å². The van der Waals surface area contributed by atoms with Crippen LogP contribution in [0.2, 0.25) is 5.02 Å². The van der Waals surface area contributed by atoms with Gasteiger partial charge in [0.05, 0.1) is 28.9 Å². The van der Waals surface area contributed by atoms with E-state index in [4.69, 9.17) is 21.7 Å². The zero-order valence-electron chi connectivity index (χ0n) is 29.1. The second-order valence-electron chi connectivity index (χ2n) is 13.3. The Hall–Kier alpha value is -5.20. The van der Waals surface area contributed by atoms with Crippen LogP contribution in [0.3, 0.4) is 0 Å². The zero-order valence-corrected chi connectivity index (χ0v) is 29.9. The lowest BCUT2D eigenvalue weighted by atomic mass is 9.92. The number of nitrogens with one attached hydrogen (secondary N) is 3. The molecule has 1 aliphatic carbocycles. The van der Waals surface area contributed by atoms with Gasteiger partial charge in [0, 0.05) is 29.9 Å². The number of hydrazone groups is 1. The highest BCUT2D eigenvalue weighted by Gasteiger charge is 2.56. The van der Waals surface area contributed by atoms with E-state index in [0.717, 1.165) is 23.5 Å². The molecule has 54 heavy (non-hydrogen) atoms. The number of hydrogen-bond donors (Lipinski definition) is 3. The second-order valence-corrected chi connectivity index (χ2v) is 13.7. The summed E-state index contributed by atoms with van der Waals surface area (Å²) in [6.07, 6.45) is -2.59. The van der Waals surface area contributed by atoms with Crippen molar-refractivity contribution in [2.24, 2.45) is 21.4 Å². The molecule has 3 N–H and O–H groups in total. The van der Waals surface area contributed by atoms with Crippen LogP contribution in [0.4, 0.5) is 41.2 Å². The number of carbonyl (C=O) groups excluding carboxylic acids is 2. The van der Waals surface area contributed by atoms with Gasteiger partial charge in [-0.2, -0.15) is 40.9 Å². The Kier molecular flexibility index (Phi) is 13.3. The molecule has 1 fully saturated rings. The molecule has 1 unspecified atom stereocenters. The Labute approximate surface area is 310 Å². The first-order valence-electron chi connectivity index (χ1n) is 16.2. The summed E-state index contributed by atoms with van der Waals surface area (Å²) in [6.45, 7) is 2.28. The van der Waals surface area contributed by atoms with Crippen molar-refractivity contribution >= 4 is 48.3 Å². The number of nitrogens with zero attached hydrogens (tertiary/aromatic N) is 6. The Balaban J connectivity index is 1.76. The largest absolute Gasteiger partial charge is 0.447 e. The zero-order chi connectivity index (χ0) is 40.0. The molecular weight excluding hydrogens is 751 g/mol. The fraction of sp³-hybridized carbons (Fsp3) is 0.412. The van der Waals surface area contributed by atoms with Crippen molar-refractivity contribution in [2.45, 2.75) is 65.0 Å². The standard InChI is InChI=1S/C34H37ClF7N9O3/c1-33(2,3)11-12-45-31(43)50(28(52)20-7-5-19(6-8-20)22-15-46-49(16-22)29(36)37)27(17-54-32(53)48-25-14-23(25)34(40,41)42)21-9-10-24(35)26(13-21)51(30(38)39)47-18-44-4/h5-10,13,15-16,18,23,25,27,29-30H,4,11-12,14,17H2,1-3H3,(H2,43,45)(H,48,53)/b47-18-/t23?,25-,27+/m0/s1. The van der Waals surface area contributed by atoms with Gasteiger partial charge in [-0.3, -0.25) is 20.1 Å². The average Bonchev–Trinajstić information content (AvgIpc) is 3.69. The number of rotatable bonds is 14. The molecule has 20 heteroatoms. The van der Waals surface area contributed by atoms with Crippen molar-refractivity contribution in [3.63, 3.8) is 0 Å². The van der Waals surface area contributed by atoms with Gasteiger partial charge in [0.15, 0.2) is 5.96 Å². The van der Waals surface area contributed by atoms with Gasteiger partial charge in [0.1, 0.15) is 12.9 Å². The first-order chi connectivity index (χ1) is 25.3. The molecule has 1 saturated carbocycles. The van der Waals surface area contributed by atoms with Crippen molar-refractivity contribution < 1.29 is 45.1 Å². The second kappa shape index (κ2) is 17.3. The monoisotopic (exact) mass is 787 g/mol. The number of aliphatic imine (C=N–C) groups is 1. The molecule has 12 nitrogen and oxygen atoms in total. The van der Waals surface area contributed by atoms with Crippen molar-refractivity contribution in [2.75, 3.05) is 18.2 Å². The molecule has 0 spiro atoms. The van der Waals surface area contributed by atoms with Gasteiger partial charge in [-0.05, 0) is 60.4 Å². The van der Waals surface area contributed by atoms with Crippen molar-refractivity contribution in [3.8, 4) is 11.1 Å². The van der Waals surface area contributed by atoms with Gasteiger partial charge in [-0.25, -0.2) is 14.5 Å². The van der Waals surface area contributed by atoms with Gasteiger partial charge < -0.3 is 15.4 Å². The minimum absolute atomic E-state index is 0.000886. The van der Waals surface area contributed by atoms with E-state index < -0.39 is 61.8 Å². The van der Waals surface area contributed by atoms with Crippen LogP contribution in [0, 0.1) is 16.7 Å². The molecular formula is C34H37ClF7N9O3. The van der Waals surface area contributed by atoms with E-state index in [1.807, 2.05) is 20.8 Å². The summed E-state index contributed by atoms with van der Waals surface area (Å²) in [5.74, 6) is -3.13. The first-order valence-corrected chi connectivity index (χ1v) is 16.6. The van der Waals surface area contributed by atoms with Gasteiger partial charge in [-0.15, -0.1) is 0 Å². The minimum atomic E-state index is -4.55. The normalized spacial score (nSPS) is 16.3. The lowest BCUT2D eigenvalue weighted by molar-refractivity contribution is -0.148. The molecule has 1 aromatic heterocycles. The first kappa shape index (κ1) is 41.6. The summed E-state index contributed by atoms with van der Waals surface area (Å²) >= 11 is 6.29. The SMILES string of the molecule is C=N/C=N\N(c1cc([C@@H](COC(=O)N[C@H]2CC2C(F)(F)F)N(C(=N)NCCC(C)(C)C)C(=O)c2ccc(-c3cnn(C(F)F)c3)cc2)ccc1Cl)C(F)F. The van der Waals surface area contributed by atoms with Gasteiger partial charge >= 0.3 is 25.4 Å². The van der Waals surface area contributed by atoms with Crippen LogP contribution >= 0.6 is 11.6 Å². The number of aromatic nitrogens is 2. The number of benzene rings is 2. The lowest BCUT2D eigenvalue weighted by Crippen LogP contribution is -2.48. The van der Waals surface area contributed by atoms with Crippen molar-refractivity contribution in [3.05, 3.63) is 71.0 Å². The number of amides is 2. The van der Waals surface area contributed by atoms with Gasteiger partial charge in [0.25, 0.3) is 5.91 Å². The smallest absolute Gasteiger partial charge is 0.407 e. The molecule has 0 bridgehead atoms. The molecule has 3 aromatic rings. The summed E-state index contributed by atoms with van der Waals surface area (Å²) in [7, 11) is 0. The van der Waals surface area contributed by atoms with Crippen LogP contribution in [-0.4, -0.2) is 77.6 Å². The Morgan fingerprint density at radius 3 is 2.37 bits per heavy atom. The molecule has 0 radical (unpaired) electrons. The predicted octanol–water partition coefficient (Wildman–Crippen LogP) is 8.09. The molecule has 3 atom stereocenters. The summed E-state index contributed by atoms with van der Waals surface area (Å²) < 4.78 is 99.7. The lowest BCUT2D eigenvalue weighted by Gasteiger charge is -2.33. The molecule has 2 aromatic carbocycles. The highest BCUT2D eigenvalue weighted by atomic mass is 35.5. The minimum Gasteiger partial charge on any atom is -0.447 e. The molecule has 4 rings (SSSR count). The molecule has 1 aliphatic rings. The summed E-state index contributed by atoms with van der Waals surface area (Å²) in [5, 5.41) is 21.2. The van der Waals surface area contributed by atoms with Gasteiger partial charge in [-0.1, -0.05) is 50.6 Å². The van der Waals surface area contributed by atoms with E-state index >= 15 is 0 Å². The Bertz CT molecular complexity index is 1830. The maximum absolute atomic E-state index is 14.4. The highest BCUT2D eigenvalue weighted by Crippen LogP contribution is 2.44. The van der Waals surface area contributed by atoms with E-state index in [9.17, 15) is 40.3 Å². The third-order valence-electron chi connectivity index (χ3n) is 8.14. The molecule has 292 valence electrons. The summed E-state index contributed by atoms with van der Waals surface area (Å²) in [5.41, 5.74) is 0.112. The predicted molar refractivity (Wildman–Crippen MR) is 188 cm³/mol. The van der Waals surface area contributed by atoms with Crippen LogP contribution in [0.25, 0.3) is 11.1 Å².